The van der Waals surface area contributed by atoms with E-state index in [4.69, 9.17) is 0 Å². The van der Waals surface area contributed by atoms with Gasteiger partial charge in [-0.3, -0.25) is 4.79 Å². The molecule has 0 radical (unpaired) electrons. The molecule has 1 rings (SSSR count). The molecular weight excluding hydrogens is 338 g/mol. The highest BCUT2D eigenvalue weighted by Crippen LogP contribution is 2.29. The Morgan fingerprint density at radius 1 is 1.47 bits per heavy atom. The molecule has 0 unspecified atom stereocenters. The zero-order valence-electron chi connectivity index (χ0n) is 9.55. The van der Waals surface area contributed by atoms with E-state index >= 15 is 0 Å². The molecule has 0 aliphatic carbocycles. The summed E-state index contributed by atoms with van der Waals surface area (Å²) in [5.74, 6) is -2.61. The summed E-state index contributed by atoms with van der Waals surface area (Å²) in [7, 11) is 1.11. The van der Waals surface area contributed by atoms with Crippen LogP contribution >= 0.6 is 15.9 Å². The van der Waals surface area contributed by atoms with Crippen molar-refractivity contribution in [2.75, 3.05) is 7.11 Å². The predicted octanol–water partition coefficient (Wildman–Crippen LogP) is 2.73. The molecular formula is C10H8BrF4NO3. The van der Waals surface area contributed by atoms with Gasteiger partial charge >= 0.3 is 12.3 Å². The molecule has 19 heavy (non-hydrogen) atoms. The maximum Gasteiger partial charge on any atom is 0.574 e. The van der Waals surface area contributed by atoms with Crippen LogP contribution in [0.1, 0.15) is 11.1 Å². The highest BCUT2D eigenvalue weighted by molar-refractivity contribution is 9.08. The number of hydrogen-bond acceptors (Lipinski definition) is 4. The van der Waals surface area contributed by atoms with Gasteiger partial charge in [0.15, 0.2) is 0 Å². The van der Waals surface area contributed by atoms with Crippen molar-refractivity contribution < 1.29 is 31.8 Å². The normalized spacial score (nSPS) is 11.3. The third kappa shape index (κ3) is 4.34. The maximum absolute atomic E-state index is 13.9. The molecule has 4 nitrogen and oxygen atoms in total. The van der Waals surface area contributed by atoms with Crippen LogP contribution in [0.4, 0.5) is 17.6 Å². The van der Waals surface area contributed by atoms with Gasteiger partial charge in [0.05, 0.1) is 19.1 Å². The lowest BCUT2D eigenvalue weighted by Crippen LogP contribution is -2.20. The number of halogens is 5. The molecule has 0 aliphatic heterocycles. The third-order valence-corrected chi connectivity index (χ3v) is 2.61. The topological polar surface area (TPSA) is 48.4 Å². The molecule has 1 heterocycles. The summed E-state index contributed by atoms with van der Waals surface area (Å²) >= 11 is 2.84. The number of ether oxygens (including phenoxy) is 2. The molecule has 0 amide bonds. The van der Waals surface area contributed by atoms with Gasteiger partial charge in [-0.15, -0.1) is 13.2 Å². The lowest BCUT2D eigenvalue weighted by atomic mass is 10.1. The Kier molecular flexibility index (Phi) is 5.10. The van der Waals surface area contributed by atoms with E-state index in [0.717, 1.165) is 13.3 Å². The molecule has 0 bridgehead atoms. The van der Waals surface area contributed by atoms with Crippen LogP contribution in [-0.4, -0.2) is 24.4 Å². The average molecular weight is 346 g/mol. The number of hydrogen-bond donors (Lipinski definition) is 0. The number of methoxy groups -OCH3 is 1. The molecule has 106 valence electrons. The third-order valence-electron chi connectivity index (χ3n) is 2.05. The van der Waals surface area contributed by atoms with Gasteiger partial charge in [0, 0.05) is 17.1 Å². The van der Waals surface area contributed by atoms with Gasteiger partial charge in [0.2, 0.25) is 5.88 Å². The second-order valence-corrected chi connectivity index (χ2v) is 3.88. The van der Waals surface area contributed by atoms with Gasteiger partial charge < -0.3 is 9.47 Å². The van der Waals surface area contributed by atoms with Crippen molar-refractivity contribution in [1.29, 1.82) is 0 Å². The number of rotatable bonds is 4. The summed E-state index contributed by atoms with van der Waals surface area (Å²) in [4.78, 5) is 14.4. The zero-order chi connectivity index (χ0) is 14.6. The second kappa shape index (κ2) is 6.18. The van der Waals surface area contributed by atoms with E-state index in [2.05, 4.69) is 30.4 Å². The van der Waals surface area contributed by atoms with Crippen LogP contribution in [0.2, 0.25) is 0 Å². The van der Waals surface area contributed by atoms with Crippen LogP contribution in [-0.2, 0) is 21.3 Å². The molecule has 0 saturated heterocycles. The van der Waals surface area contributed by atoms with Crippen LogP contribution in [0.5, 0.6) is 5.88 Å². The summed E-state index contributed by atoms with van der Waals surface area (Å²) in [5, 5.41) is -0.244. The lowest BCUT2D eigenvalue weighted by Gasteiger charge is -2.13. The van der Waals surface area contributed by atoms with Gasteiger partial charge in [-0.2, -0.15) is 0 Å². The molecule has 0 aliphatic rings. The van der Waals surface area contributed by atoms with E-state index in [9.17, 15) is 22.4 Å². The van der Waals surface area contributed by atoms with Gasteiger partial charge in [0.1, 0.15) is 5.82 Å². The van der Waals surface area contributed by atoms with Crippen molar-refractivity contribution in [1.82, 2.24) is 4.98 Å². The first kappa shape index (κ1) is 15.7. The summed E-state index contributed by atoms with van der Waals surface area (Å²) in [5.41, 5.74) is -0.588. The number of alkyl halides is 4. The fourth-order valence-electron chi connectivity index (χ4n) is 1.22. The minimum Gasteiger partial charge on any atom is -0.469 e. The Balaban J connectivity index is 3.12. The minimum atomic E-state index is -4.97. The highest BCUT2D eigenvalue weighted by Gasteiger charge is 2.33. The molecule has 0 fully saturated rings. The van der Waals surface area contributed by atoms with Gasteiger partial charge in [-0.1, -0.05) is 15.9 Å². The molecule has 0 saturated carbocycles. The van der Waals surface area contributed by atoms with E-state index in [1.54, 1.807) is 0 Å². The Bertz CT molecular complexity index is 479. The van der Waals surface area contributed by atoms with Gasteiger partial charge in [-0.05, 0) is 0 Å². The number of aromatic nitrogens is 1. The minimum absolute atomic E-state index is 0.171. The molecule has 9 heteroatoms. The van der Waals surface area contributed by atoms with E-state index in [-0.39, 0.29) is 10.9 Å². The molecule has 1 aromatic heterocycles. The van der Waals surface area contributed by atoms with Crippen LogP contribution in [0.15, 0.2) is 6.20 Å². The van der Waals surface area contributed by atoms with Crippen LogP contribution in [0.3, 0.4) is 0 Å². The van der Waals surface area contributed by atoms with Gasteiger partial charge in [0.25, 0.3) is 0 Å². The fraction of sp³-hybridized carbons (Fsp3) is 0.400. The Morgan fingerprint density at radius 3 is 2.58 bits per heavy atom. The van der Waals surface area contributed by atoms with E-state index < -0.39 is 36.0 Å². The van der Waals surface area contributed by atoms with Gasteiger partial charge in [-0.25, -0.2) is 9.37 Å². The number of esters is 1. The molecule has 0 aromatic carbocycles. The fourth-order valence-corrected chi connectivity index (χ4v) is 1.71. The largest absolute Gasteiger partial charge is 0.574 e. The predicted molar refractivity (Wildman–Crippen MR) is 59.2 cm³/mol. The first-order chi connectivity index (χ1) is 8.78. The molecule has 1 aromatic rings. The Hall–Kier alpha value is -1.38. The molecule has 0 atom stereocenters. The summed E-state index contributed by atoms with van der Waals surface area (Å²) in [6.45, 7) is 0. The standard InChI is InChI=1S/C10H8BrF4NO3/c1-18-7(17)2-5-4-16-9(19-10(13,14)15)6(3-11)8(5)12/h4H,2-3H2,1H3. The Morgan fingerprint density at radius 2 is 2.11 bits per heavy atom. The summed E-state index contributed by atoms with van der Waals surface area (Å²) in [6, 6.07) is 0. The number of nitrogens with zero attached hydrogens (tertiary/aromatic N) is 1. The first-order valence-corrected chi connectivity index (χ1v) is 5.95. The van der Waals surface area contributed by atoms with E-state index in [0.29, 0.717) is 0 Å². The second-order valence-electron chi connectivity index (χ2n) is 3.32. The number of carbonyl (C=O) groups excluding carboxylic acids is 1. The molecule has 0 N–H and O–H groups in total. The quantitative estimate of drug-likeness (QED) is 0.478. The summed E-state index contributed by atoms with van der Waals surface area (Å²) in [6.07, 6.45) is -4.60. The average Bonchev–Trinajstić information content (AvgIpc) is 2.31. The van der Waals surface area contributed by atoms with Crippen molar-refractivity contribution in [3.05, 3.63) is 23.1 Å². The Labute approximate surface area is 113 Å². The number of carbonyl (C=O) groups is 1. The SMILES string of the molecule is COC(=O)Cc1cnc(OC(F)(F)F)c(CBr)c1F. The summed E-state index contributed by atoms with van der Waals surface area (Å²) < 4.78 is 58.1. The van der Waals surface area contributed by atoms with Crippen molar-refractivity contribution in [3.63, 3.8) is 0 Å². The molecule has 0 spiro atoms. The highest BCUT2D eigenvalue weighted by atomic mass is 79.9. The zero-order valence-corrected chi connectivity index (χ0v) is 11.1. The van der Waals surface area contributed by atoms with E-state index in [1.807, 2.05) is 0 Å². The van der Waals surface area contributed by atoms with Crippen LogP contribution in [0.25, 0.3) is 0 Å². The van der Waals surface area contributed by atoms with E-state index in [1.165, 1.54) is 0 Å². The smallest absolute Gasteiger partial charge is 0.469 e. The maximum atomic E-state index is 13.9. The first-order valence-electron chi connectivity index (χ1n) is 4.83. The van der Waals surface area contributed by atoms with Crippen LogP contribution < -0.4 is 4.74 Å². The van der Waals surface area contributed by atoms with Crippen molar-refractivity contribution >= 4 is 21.9 Å². The van der Waals surface area contributed by atoms with Crippen molar-refractivity contribution in [3.8, 4) is 5.88 Å². The number of pyridine rings is 1. The van der Waals surface area contributed by atoms with Crippen molar-refractivity contribution in [2.24, 2.45) is 0 Å². The monoisotopic (exact) mass is 345 g/mol. The lowest BCUT2D eigenvalue weighted by molar-refractivity contribution is -0.276. The van der Waals surface area contributed by atoms with Crippen LogP contribution in [0, 0.1) is 5.82 Å². The van der Waals surface area contributed by atoms with Crippen molar-refractivity contribution in [2.45, 2.75) is 18.1 Å².